The molecule has 0 spiro atoms. The van der Waals surface area contributed by atoms with Crippen molar-refractivity contribution in [1.29, 1.82) is 0 Å². The molecule has 0 unspecified atom stereocenters. The van der Waals surface area contributed by atoms with Crippen molar-refractivity contribution < 1.29 is 13.2 Å². The average Bonchev–Trinajstić information content (AvgIpc) is 2.35. The Morgan fingerprint density at radius 3 is 1.90 bits per heavy atom. The molecule has 0 aromatic rings. The lowest BCUT2D eigenvalue weighted by Crippen LogP contribution is -2.13. The molecule has 0 radical (unpaired) electrons. The second kappa shape index (κ2) is 2.14. The summed E-state index contributed by atoms with van der Waals surface area (Å²) >= 11 is 0. The molecule has 0 aromatic heterocycles. The Balaban J connectivity index is 2.39. The Kier molecular flexibility index (Phi) is 1.69. The SMILES string of the molecule is CC(C)[C@H]1C[C@H]1C(F)(F)F. The molecule has 0 bridgehead atoms. The molecule has 3 heteroatoms. The van der Waals surface area contributed by atoms with Crippen molar-refractivity contribution in [2.75, 3.05) is 0 Å². The van der Waals surface area contributed by atoms with E-state index in [-0.39, 0.29) is 11.8 Å². The first-order chi connectivity index (χ1) is 4.43. The van der Waals surface area contributed by atoms with Crippen LogP contribution in [-0.2, 0) is 0 Å². The first-order valence-electron chi connectivity index (χ1n) is 3.49. The van der Waals surface area contributed by atoms with Gasteiger partial charge in [0.05, 0.1) is 5.92 Å². The lowest BCUT2D eigenvalue weighted by Gasteiger charge is -2.06. The van der Waals surface area contributed by atoms with Gasteiger partial charge in [-0.3, -0.25) is 0 Å². The maximum atomic E-state index is 11.9. The van der Waals surface area contributed by atoms with Crippen LogP contribution in [0.4, 0.5) is 13.2 Å². The maximum Gasteiger partial charge on any atom is 0.392 e. The van der Waals surface area contributed by atoms with Crippen LogP contribution in [0.1, 0.15) is 20.3 Å². The third-order valence-corrected chi connectivity index (χ3v) is 2.12. The third-order valence-electron chi connectivity index (χ3n) is 2.12. The van der Waals surface area contributed by atoms with Gasteiger partial charge in [-0.25, -0.2) is 0 Å². The number of halogens is 3. The van der Waals surface area contributed by atoms with Crippen molar-refractivity contribution in [3.63, 3.8) is 0 Å². The number of hydrogen-bond donors (Lipinski definition) is 0. The van der Waals surface area contributed by atoms with Crippen molar-refractivity contribution in [2.24, 2.45) is 17.8 Å². The summed E-state index contributed by atoms with van der Waals surface area (Å²) in [6.45, 7) is 3.69. The summed E-state index contributed by atoms with van der Waals surface area (Å²) in [5, 5.41) is 0. The number of rotatable bonds is 1. The summed E-state index contributed by atoms with van der Waals surface area (Å²) in [7, 11) is 0. The fourth-order valence-electron chi connectivity index (χ4n) is 1.33. The predicted molar refractivity (Wildman–Crippen MR) is 32.5 cm³/mol. The van der Waals surface area contributed by atoms with Gasteiger partial charge in [0, 0.05) is 0 Å². The van der Waals surface area contributed by atoms with Gasteiger partial charge in [-0.1, -0.05) is 13.8 Å². The van der Waals surface area contributed by atoms with Crippen molar-refractivity contribution in [2.45, 2.75) is 26.4 Å². The van der Waals surface area contributed by atoms with Crippen LogP contribution < -0.4 is 0 Å². The topological polar surface area (TPSA) is 0 Å². The monoisotopic (exact) mass is 152 g/mol. The molecule has 0 nitrogen and oxygen atoms in total. The molecule has 60 valence electrons. The molecule has 1 saturated carbocycles. The van der Waals surface area contributed by atoms with Gasteiger partial charge < -0.3 is 0 Å². The first kappa shape index (κ1) is 7.89. The largest absolute Gasteiger partial charge is 0.392 e. The smallest absolute Gasteiger partial charge is 0.171 e. The van der Waals surface area contributed by atoms with Crippen LogP contribution in [0.25, 0.3) is 0 Å². The van der Waals surface area contributed by atoms with Crippen LogP contribution >= 0.6 is 0 Å². The van der Waals surface area contributed by atoms with Crippen molar-refractivity contribution >= 4 is 0 Å². The second-order valence-electron chi connectivity index (χ2n) is 3.29. The highest BCUT2D eigenvalue weighted by Crippen LogP contribution is 2.53. The first-order valence-corrected chi connectivity index (χ1v) is 3.49. The predicted octanol–water partition coefficient (Wildman–Crippen LogP) is 2.84. The van der Waals surface area contributed by atoms with Crippen LogP contribution in [-0.4, -0.2) is 6.18 Å². The standard InChI is InChI=1S/C7H11F3/c1-4(2)5-3-6(5)7(8,9)10/h4-6H,3H2,1-2H3/t5-,6-/m1/s1. The summed E-state index contributed by atoms with van der Waals surface area (Å²) in [6, 6.07) is 0. The van der Waals surface area contributed by atoms with Crippen molar-refractivity contribution in [1.82, 2.24) is 0 Å². The van der Waals surface area contributed by atoms with Crippen LogP contribution in [0.2, 0.25) is 0 Å². The second-order valence-corrected chi connectivity index (χ2v) is 3.29. The van der Waals surface area contributed by atoms with E-state index in [0.29, 0.717) is 6.42 Å². The van der Waals surface area contributed by atoms with E-state index in [9.17, 15) is 13.2 Å². The molecule has 1 rings (SSSR count). The van der Waals surface area contributed by atoms with E-state index >= 15 is 0 Å². The van der Waals surface area contributed by atoms with Crippen molar-refractivity contribution in [3.05, 3.63) is 0 Å². The lowest BCUT2D eigenvalue weighted by atomic mass is 10.1. The van der Waals surface area contributed by atoms with Gasteiger partial charge in [0.15, 0.2) is 0 Å². The Morgan fingerprint density at radius 1 is 1.30 bits per heavy atom. The zero-order chi connectivity index (χ0) is 7.94. The van der Waals surface area contributed by atoms with Gasteiger partial charge in [0.25, 0.3) is 0 Å². The number of hydrogen-bond acceptors (Lipinski definition) is 0. The summed E-state index contributed by atoms with van der Waals surface area (Å²) in [5.41, 5.74) is 0. The van der Waals surface area contributed by atoms with Gasteiger partial charge in [-0.2, -0.15) is 13.2 Å². The van der Waals surface area contributed by atoms with Crippen LogP contribution in [0.3, 0.4) is 0 Å². The maximum absolute atomic E-state index is 11.9. The quantitative estimate of drug-likeness (QED) is 0.542. The summed E-state index contributed by atoms with van der Waals surface area (Å²) < 4.78 is 35.6. The fraction of sp³-hybridized carbons (Fsp3) is 1.00. The zero-order valence-corrected chi connectivity index (χ0v) is 6.07. The Morgan fingerprint density at radius 2 is 1.80 bits per heavy atom. The molecular weight excluding hydrogens is 141 g/mol. The lowest BCUT2D eigenvalue weighted by molar-refractivity contribution is -0.152. The van der Waals surface area contributed by atoms with Crippen molar-refractivity contribution in [3.8, 4) is 0 Å². The fourth-order valence-corrected chi connectivity index (χ4v) is 1.33. The average molecular weight is 152 g/mol. The van der Waals surface area contributed by atoms with E-state index in [4.69, 9.17) is 0 Å². The summed E-state index contributed by atoms with van der Waals surface area (Å²) in [6.07, 6.45) is -3.59. The van der Waals surface area contributed by atoms with E-state index in [1.54, 1.807) is 0 Å². The summed E-state index contributed by atoms with van der Waals surface area (Å²) in [4.78, 5) is 0. The van der Waals surface area contributed by atoms with Gasteiger partial charge in [-0.05, 0) is 18.3 Å². The molecule has 0 heterocycles. The van der Waals surface area contributed by atoms with E-state index in [1.807, 2.05) is 13.8 Å². The minimum Gasteiger partial charge on any atom is -0.171 e. The van der Waals surface area contributed by atoms with E-state index in [1.165, 1.54) is 0 Å². The molecule has 1 fully saturated rings. The molecule has 10 heavy (non-hydrogen) atoms. The van der Waals surface area contributed by atoms with Gasteiger partial charge in [0.2, 0.25) is 0 Å². The molecule has 2 atom stereocenters. The highest BCUT2D eigenvalue weighted by atomic mass is 19.4. The molecule has 0 N–H and O–H groups in total. The molecule has 0 aromatic carbocycles. The van der Waals surface area contributed by atoms with E-state index in [2.05, 4.69) is 0 Å². The highest BCUT2D eigenvalue weighted by molar-refractivity contribution is 4.92. The van der Waals surface area contributed by atoms with Gasteiger partial charge in [-0.15, -0.1) is 0 Å². The Bertz CT molecular complexity index is 125. The van der Waals surface area contributed by atoms with Crippen LogP contribution in [0.5, 0.6) is 0 Å². The third kappa shape index (κ3) is 1.44. The van der Waals surface area contributed by atoms with Gasteiger partial charge >= 0.3 is 6.18 Å². The molecule has 0 aliphatic heterocycles. The molecule has 0 saturated heterocycles. The molecule has 1 aliphatic rings. The Hall–Kier alpha value is -0.210. The van der Waals surface area contributed by atoms with E-state index < -0.39 is 12.1 Å². The molecule has 1 aliphatic carbocycles. The number of alkyl halides is 3. The summed E-state index contributed by atoms with van der Waals surface area (Å²) in [5.74, 6) is -0.904. The minimum absolute atomic E-state index is 0.0972. The van der Waals surface area contributed by atoms with Crippen LogP contribution in [0.15, 0.2) is 0 Å². The van der Waals surface area contributed by atoms with Crippen LogP contribution in [0, 0.1) is 17.8 Å². The zero-order valence-electron chi connectivity index (χ0n) is 6.07. The molecule has 0 amide bonds. The highest BCUT2D eigenvalue weighted by Gasteiger charge is 2.56. The van der Waals surface area contributed by atoms with Gasteiger partial charge in [0.1, 0.15) is 0 Å². The molecular formula is C7H11F3. The normalized spacial score (nSPS) is 33.0. The Labute approximate surface area is 58.4 Å². The minimum atomic E-state index is -3.94. The van der Waals surface area contributed by atoms with E-state index in [0.717, 1.165) is 0 Å².